The summed E-state index contributed by atoms with van der Waals surface area (Å²) in [4.78, 5) is 0. The number of fused-ring (bicyclic) bond motifs is 8. The highest BCUT2D eigenvalue weighted by molar-refractivity contribution is 5.47. The summed E-state index contributed by atoms with van der Waals surface area (Å²) in [5.74, 6) is 3.10. The van der Waals surface area contributed by atoms with Crippen LogP contribution in [0.5, 0.6) is 23.0 Å². The lowest BCUT2D eigenvalue weighted by Gasteiger charge is -2.15. The fraction of sp³-hybridized carbons (Fsp3) is 0.250. The number of aryl methyl sites for hydroxylation is 2. The second-order valence-corrected chi connectivity index (χ2v) is 6.97. The summed E-state index contributed by atoms with van der Waals surface area (Å²) in [6.07, 6.45) is 0. The van der Waals surface area contributed by atoms with Gasteiger partial charge in [0.1, 0.15) is 49.4 Å². The molecule has 154 valence electrons. The van der Waals surface area contributed by atoms with Crippen LogP contribution in [0.15, 0.2) is 70.9 Å². The number of hydrogen-bond donors (Lipinski definition) is 0. The number of rotatable bonds is 0. The molecular formula is C24H24N2O4. The summed E-state index contributed by atoms with van der Waals surface area (Å²) in [5.41, 5.74) is 3.45. The summed E-state index contributed by atoms with van der Waals surface area (Å²) >= 11 is 0. The third kappa shape index (κ3) is 5.08. The maximum atomic E-state index is 5.90. The maximum Gasteiger partial charge on any atom is 0.122 e. The van der Waals surface area contributed by atoms with Crippen LogP contribution in [-0.4, -0.2) is 26.4 Å². The van der Waals surface area contributed by atoms with Gasteiger partial charge in [0.25, 0.3) is 0 Å². The minimum atomic E-state index is 0.427. The zero-order chi connectivity index (χ0) is 20.8. The number of ether oxygens (including phenoxy) is 4. The minimum absolute atomic E-state index is 0.427. The van der Waals surface area contributed by atoms with Crippen molar-refractivity contribution in [3.8, 4) is 23.0 Å². The van der Waals surface area contributed by atoms with Gasteiger partial charge in [-0.2, -0.15) is 10.2 Å². The van der Waals surface area contributed by atoms with Gasteiger partial charge < -0.3 is 18.9 Å². The molecule has 0 aromatic heterocycles. The van der Waals surface area contributed by atoms with Gasteiger partial charge in [-0.3, -0.25) is 0 Å². The van der Waals surface area contributed by atoms with Crippen molar-refractivity contribution in [2.45, 2.75) is 13.8 Å². The third-order valence-corrected chi connectivity index (χ3v) is 4.61. The zero-order valence-corrected chi connectivity index (χ0v) is 17.1. The van der Waals surface area contributed by atoms with E-state index in [1.807, 2.05) is 74.5 Å². The molecule has 6 bridgehead atoms. The van der Waals surface area contributed by atoms with Crippen LogP contribution in [0.2, 0.25) is 0 Å². The van der Waals surface area contributed by atoms with E-state index in [-0.39, 0.29) is 0 Å². The Morgan fingerprint density at radius 1 is 0.567 bits per heavy atom. The molecule has 6 heteroatoms. The SMILES string of the molecule is Cc1cc2c(C)cc1OCCOc1cccc(c1)N=Nc1cccc(c1)OCCO2. The van der Waals surface area contributed by atoms with Gasteiger partial charge in [0.15, 0.2) is 0 Å². The van der Waals surface area contributed by atoms with Gasteiger partial charge in [-0.25, -0.2) is 0 Å². The van der Waals surface area contributed by atoms with Crippen molar-refractivity contribution >= 4 is 11.4 Å². The average Bonchev–Trinajstić information content (AvgIpc) is 2.75. The Kier molecular flexibility index (Phi) is 6.13. The summed E-state index contributed by atoms with van der Waals surface area (Å²) < 4.78 is 23.4. The molecule has 0 amide bonds. The normalized spacial score (nSPS) is 14.1. The second kappa shape index (κ2) is 9.31. The van der Waals surface area contributed by atoms with E-state index in [2.05, 4.69) is 10.2 Å². The molecule has 0 aliphatic carbocycles. The molecule has 0 spiro atoms. The van der Waals surface area contributed by atoms with E-state index in [0.717, 1.165) is 34.1 Å². The number of azo groups is 1. The van der Waals surface area contributed by atoms with Crippen molar-refractivity contribution in [1.29, 1.82) is 0 Å². The van der Waals surface area contributed by atoms with E-state index in [9.17, 15) is 0 Å². The summed E-state index contributed by atoms with van der Waals surface area (Å²) in [5, 5.41) is 8.60. The Bertz CT molecular complexity index is 966. The lowest BCUT2D eigenvalue weighted by atomic mass is 10.1. The van der Waals surface area contributed by atoms with Gasteiger partial charge in [0.2, 0.25) is 0 Å². The number of hydrogen-bond acceptors (Lipinski definition) is 6. The largest absolute Gasteiger partial charge is 0.490 e. The van der Waals surface area contributed by atoms with Crippen molar-refractivity contribution in [2.24, 2.45) is 10.2 Å². The quantitative estimate of drug-likeness (QED) is 0.465. The van der Waals surface area contributed by atoms with Crippen LogP contribution in [0.3, 0.4) is 0 Å². The lowest BCUT2D eigenvalue weighted by molar-refractivity contribution is 0.212. The minimum Gasteiger partial charge on any atom is -0.490 e. The van der Waals surface area contributed by atoms with E-state index in [0.29, 0.717) is 37.8 Å². The van der Waals surface area contributed by atoms with Gasteiger partial charge >= 0.3 is 0 Å². The fourth-order valence-corrected chi connectivity index (χ4v) is 3.08. The van der Waals surface area contributed by atoms with Crippen LogP contribution >= 0.6 is 0 Å². The van der Waals surface area contributed by atoms with Gasteiger partial charge in [-0.15, -0.1) is 0 Å². The molecule has 2 heterocycles. The highest BCUT2D eigenvalue weighted by Gasteiger charge is 2.08. The lowest BCUT2D eigenvalue weighted by Crippen LogP contribution is -2.11. The Balaban J connectivity index is 1.58. The predicted molar refractivity (Wildman–Crippen MR) is 115 cm³/mol. The molecule has 0 atom stereocenters. The van der Waals surface area contributed by atoms with Crippen LogP contribution in [0, 0.1) is 13.8 Å². The molecule has 0 radical (unpaired) electrons. The molecule has 5 rings (SSSR count). The third-order valence-electron chi connectivity index (χ3n) is 4.61. The van der Waals surface area contributed by atoms with E-state index in [1.165, 1.54) is 0 Å². The fourth-order valence-electron chi connectivity index (χ4n) is 3.08. The molecule has 6 nitrogen and oxygen atoms in total. The smallest absolute Gasteiger partial charge is 0.122 e. The monoisotopic (exact) mass is 404 g/mol. The Labute approximate surface area is 176 Å². The first-order valence-electron chi connectivity index (χ1n) is 9.92. The predicted octanol–water partition coefficient (Wildman–Crippen LogP) is 5.95. The van der Waals surface area contributed by atoms with Gasteiger partial charge in [-0.1, -0.05) is 12.1 Å². The van der Waals surface area contributed by atoms with Crippen molar-refractivity contribution < 1.29 is 18.9 Å². The molecular weight excluding hydrogens is 380 g/mol. The Hall–Kier alpha value is -3.54. The number of nitrogens with zero attached hydrogens (tertiary/aromatic N) is 2. The Morgan fingerprint density at radius 2 is 1.00 bits per heavy atom. The molecule has 0 fully saturated rings. The van der Waals surface area contributed by atoms with Crippen LogP contribution in [-0.2, 0) is 0 Å². The topological polar surface area (TPSA) is 61.6 Å². The van der Waals surface area contributed by atoms with Crippen molar-refractivity contribution in [3.05, 3.63) is 71.8 Å². The van der Waals surface area contributed by atoms with Gasteiger partial charge in [0.05, 0.1) is 11.4 Å². The molecule has 3 aromatic rings. The van der Waals surface area contributed by atoms with Gasteiger partial charge in [-0.05, 0) is 61.4 Å². The van der Waals surface area contributed by atoms with Crippen LogP contribution in [0.4, 0.5) is 11.4 Å². The molecule has 0 saturated heterocycles. The summed E-state index contributed by atoms with van der Waals surface area (Å²) in [6, 6.07) is 19.0. The molecule has 3 aromatic carbocycles. The molecule has 2 aliphatic rings. The standard InChI is InChI=1S/C24H24N2O4/c1-17-13-24-18(2)14-23(17)29-11-9-27-21-7-3-5-19(15-21)25-26-20-6-4-8-22(16-20)28-10-12-30-24/h3-8,13-16H,9-12H2,1-2H3. The summed E-state index contributed by atoms with van der Waals surface area (Å²) in [7, 11) is 0. The van der Waals surface area contributed by atoms with E-state index in [1.54, 1.807) is 0 Å². The Morgan fingerprint density at radius 3 is 1.47 bits per heavy atom. The van der Waals surface area contributed by atoms with E-state index in [4.69, 9.17) is 18.9 Å². The maximum absolute atomic E-state index is 5.90. The first-order chi connectivity index (χ1) is 14.7. The van der Waals surface area contributed by atoms with E-state index >= 15 is 0 Å². The average molecular weight is 404 g/mol. The molecule has 0 unspecified atom stereocenters. The molecule has 30 heavy (non-hydrogen) atoms. The van der Waals surface area contributed by atoms with Crippen molar-refractivity contribution in [2.75, 3.05) is 26.4 Å². The van der Waals surface area contributed by atoms with Crippen molar-refractivity contribution in [1.82, 2.24) is 0 Å². The second-order valence-electron chi connectivity index (χ2n) is 6.97. The summed E-state index contributed by atoms with van der Waals surface area (Å²) in [6.45, 7) is 5.74. The van der Waals surface area contributed by atoms with Crippen molar-refractivity contribution in [3.63, 3.8) is 0 Å². The first-order valence-corrected chi connectivity index (χ1v) is 9.92. The highest BCUT2D eigenvalue weighted by Crippen LogP contribution is 2.29. The van der Waals surface area contributed by atoms with Gasteiger partial charge in [0, 0.05) is 12.1 Å². The van der Waals surface area contributed by atoms with Crippen LogP contribution < -0.4 is 18.9 Å². The highest BCUT2D eigenvalue weighted by atomic mass is 16.5. The molecule has 2 aliphatic heterocycles. The number of benzene rings is 3. The van der Waals surface area contributed by atoms with Crippen LogP contribution in [0.25, 0.3) is 0 Å². The van der Waals surface area contributed by atoms with Crippen LogP contribution in [0.1, 0.15) is 11.1 Å². The molecule has 0 N–H and O–H groups in total. The van der Waals surface area contributed by atoms with E-state index < -0.39 is 0 Å². The molecule has 0 saturated carbocycles. The zero-order valence-electron chi connectivity index (χ0n) is 17.1. The first kappa shape index (κ1) is 19.8.